The molecule has 1 aliphatic heterocycles. The second-order valence-corrected chi connectivity index (χ2v) is 7.79. The van der Waals surface area contributed by atoms with Gasteiger partial charge in [-0.1, -0.05) is 6.92 Å². The van der Waals surface area contributed by atoms with Gasteiger partial charge in [0.1, 0.15) is 0 Å². The van der Waals surface area contributed by atoms with Crippen LogP contribution in [-0.2, 0) is 9.84 Å². The lowest BCUT2D eigenvalue weighted by molar-refractivity contribution is 0.193. The predicted octanol–water partition coefficient (Wildman–Crippen LogP) is 1.59. The van der Waals surface area contributed by atoms with E-state index in [9.17, 15) is 8.42 Å². The molecule has 1 saturated heterocycles. The molecule has 0 aliphatic carbocycles. The Bertz CT molecular complexity index is 593. The summed E-state index contributed by atoms with van der Waals surface area (Å²) in [6.45, 7) is 8.34. The molecule has 0 aromatic heterocycles. The number of sulfone groups is 1. The fraction of sp³-hybridized carbons (Fsp3) is 0.600. The largest absolute Gasteiger partial charge is 0.397 e. The average molecular weight is 311 g/mol. The number of nitrogen functional groups attached to an aromatic ring is 1. The third-order valence-corrected chi connectivity index (χ3v) is 5.41. The molecular weight excluding hydrogens is 286 g/mol. The van der Waals surface area contributed by atoms with Crippen LogP contribution in [0.3, 0.4) is 0 Å². The van der Waals surface area contributed by atoms with Crippen LogP contribution in [0, 0.1) is 0 Å². The first-order valence-corrected chi connectivity index (χ1v) is 9.30. The normalized spacial score (nSPS) is 18.7. The molecule has 1 aliphatic rings. The van der Waals surface area contributed by atoms with Gasteiger partial charge >= 0.3 is 0 Å². The molecule has 1 fully saturated rings. The third-order valence-electron chi connectivity index (χ3n) is 4.30. The van der Waals surface area contributed by atoms with Gasteiger partial charge in [0.15, 0.2) is 9.84 Å². The molecule has 1 atom stereocenters. The van der Waals surface area contributed by atoms with Crippen LogP contribution in [0.1, 0.15) is 20.3 Å². The van der Waals surface area contributed by atoms with E-state index in [2.05, 4.69) is 23.6 Å². The Morgan fingerprint density at radius 1 is 1.24 bits per heavy atom. The number of hydrogen-bond acceptors (Lipinski definition) is 5. The van der Waals surface area contributed by atoms with Gasteiger partial charge in [0.2, 0.25) is 0 Å². The summed E-state index contributed by atoms with van der Waals surface area (Å²) in [5, 5.41) is 0. The number of anilines is 2. The molecule has 0 bridgehead atoms. The van der Waals surface area contributed by atoms with Gasteiger partial charge in [-0.25, -0.2) is 8.42 Å². The smallest absolute Gasteiger partial charge is 0.175 e. The number of nitrogens with zero attached hydrogens (tertiary/aromatic N) is 2. The van der Waals surface area contributed by atoms with E-state index in [0.717, 1.165) is 38.3 Å². The SMILES string of the molecule is CCC(C)N1CCN(c2ccc(S(C)(=O)=O)cc2N)CC1. The van der Waals surface area contributed by atoms with Crippen molar-refractivity contribution in [2.45, 2.75) is 31.2 Å². The monoisotopic (exact) mass is 311 g/mol. The summed E-state index contributed by atoms with van der Waals surface area (Å²) < 4.78 is 23.1. The van der Waals surface area contributed by atoms with Gasteiger partial charge in [-0.05, 0) is 31.5 Å². The van der Waals surface area contributed by atoms with Gasteiger partial charge in [0.25, 0.3) is 0 Å². The van der Waals surface area contributed by atoms with E-state index in [0.29, 0.717) is 11.7 Å². The van der Waals surface area contributed by atoms with Gasteiger partial charge in [0, 0.05) is 38.5 Å². The number of rotatable bonds is 4. The van der Waals surface area contributed by atoms with Crippen LogP contribution >= 0.6 is 0 Å². The highest BCUT2D eigenvalue weighted by molar-refractivity contribution is 7.90. The van der Waals surface area contributed by atoms with E-state index in [1.54, 1.807) is 12.1 Å². The van der Waals surface area contributed by atoms with E-state index >= 15 is 0 Å². The van der Waals surface area contributed by atoms with E-state index in [1.165, 1.54) is 6.26 Å². The molecule has 0 amide bonds. The number of nitrogens with two attached hydrogens (primary N) is 1. The minimum atomic E-state index is -3.20. The van der Waals surface area contributed by atoms with Crippen LogP contribution in [0.5, 0.6) is 0 Å². The van der Waals surface area contributed by atoms with Crippen LogP contribution in [0.4, 0.5) is 11.4 Å². The summed E-state index contributed by atoms with van der Waals surface area (Å²) in [5.41, 5.74) is 7.52. The average Bonchev–Trinajstić information content (AvgIpc) is 2.45. The highest BCUT2D eigenvalue weighted by atomic mass is 32.2. The van der Waals surface area contributed by atoms with Crippen molar-refractivity contribution in [3.63, 3.8) is 0 Å². The minimum absolute atomic E-state index is 0.280. The van der Waals surface area contributed by atoms with Crippen LogP contribution in [0.25, 0.3) is 0 Å². The van der Waals surface area contributed by atoms with Gasteiger partial charge in [-0.15, -0.1) is 0 Å². The van der Waals surface area contributed by atoms with Crippen molar-refractivity contribution in [2.75, 3.05) is 43.1 Å². The van der Waals surface area contributed by atoms with Crippen molar-refractivity contribution in [2.24, 2.45) is 0 Å². The van der Waals surface area contributed by atoms with Crippen molar-refractivity contribution in [3.8, 4) is 0 Å². The first-order valence-electron chi connectivity index (χ1n) is 7.41. The Labute approximate surface area is 127 Å². The van der Waals surface area contributed by atoms with Crippen molar-refractivity contribution < 1.29 is 8.42 Å². The number of piperazine rings is 1. The summed E-state index contributed by atoms with van der Waals surface area (Å²) in [5.74, 6) is 0. The second kappa shape index (κ2) is 6.23. The molecule has 1 unspecified atom stereocenters. The molecule has 1 aromatic rings. The number of hydrogen-bond donors (Lipinski definition) is 1. The van der Waals surface area contributed by atoms with Crippen LogP contribution in [0.15, 0.2) is 23.1 Å². The summed E-state index contributed by atoms with van der Waals surface area (Å²) >= 11 is 0. The van der Waals surface area contributed by atoms with Gasteiger partial charge < -0.3 is 10.6 Å². The summed E-state index contributed by atoms with van der Waals surface area (Å²) in [7, 11) is -3.20. The van der Waals surface area contributed by atoms with Crippen molar-refractivity contribution in [1.29, 1.82) is 0 Å². The molecule has 2 rings (SSSR count). The summed E-state index contributed by atoms with van der Waals surface area (Å²) in [4.78, 5) is 5.00. The molecule has 118 valence electrons. The van der Waals surface area contributed by atoms with Crippen molar-refractivity contribution in [3.05, 3.63) is 18.2 Å². The molecule has 1 aromatic carbocycles. The molecule has 21 heavy (non-hydrogen) atoms. The molecule has 1 heterocycles. The highest BCUT2D eigenvalue weighted by Gasteiger charge is 2.22. The Morgan fingerprint density at radius 3 is 2.33 bits per heavy atom. The van der Waals surface area contributed by atoms with Crippen molar-refractivity contribution >= 4 is 21.2 Å². The fourth-order valence-corrected chi connectivity index (χ4v) is 3.37. The topological polar surface area (TPSA) is 66.6 Å². The second-order valence-electron chi connectivity index (χ2n) is 5.77. The Morgan fingerprint density at radius 2 is 1.86 bits per heavy atom. The summed E-state index contributed by atoms with van der Waals surface area (Å²) in [6, 6.07) is 5.63. The van der Waals surface area contributed by atoms with E-state index in [4.69, 9.17) is 5.73 Å². The van der Waals surface area contributed by atoms with Crippen molar-refractivity contribution in [1.82, 2.24) is 4.90 Å². The van der Waals surface area contributed by atoms with Crippen LogP contribution in [-0.4, -0.2) is 51.8 Å². The van der Waals surface area contributed by atoms with Crippen LogP contribution < -0.4 is 10.6 Å². The minimum Gasteiger partial charge on any atom is -0.397 e. The predicted molar refractivity (Wildman–Crippen MR) is 87.5 cm³/mol. The maximum atomic E-state index is 11.5. The number of benzene rings is 1. The third kappa shape index (κ3) is 3.68. The molecular formula is C15H25N3O2S. The summed E-state index contributed by atoms with van der Waals surface area (Å²) in [6.07, 6.45) is 2.36. The molecule has 0 spiro atoms. The zero-order valence-electron chi connectivity index (χ0n) is 13.0. The Hall–Kier alpha value is -1.27. The van der Waals surface area contributed by atoms with Gasteiger partial charge in [-0.2, -0.15) is 0 Å². The quantitative estimate of drug-likeness (QED) is 0.856. The first-order chi connectivity index (χ1) is 9.82. The van der Waals surface area contributed by atoms with E-state index in [-0.39, 0.29) is 4.90 Å². The molecule has 5 nitrogen and oxygen atoms in total. The zero-order valence-corrected chi connectivity index (χ0v) is 13.9. The van der Waals surface area contributed by atoms with E-state index < -0.39 is 9.84 Å². The molecule has 0 radical (unpaired) electrons. The standard InChI is InChI=1S/C15H25N3O2S/c1-4-12(2)17-7-9-18(10-8-17)15-6-5-13(11-14(15)16)21(3,19)20/h5-6,11-12H,4,7-10,16H2,1-3H3. The molecule has 2 N–H and O–H groups in total. The lowest BCUT2D eigenvalue weighted by Crippen LogP contribution is -2.49. The fourth-order valence-electron chi connectivity index (χ4n) is 2.71. The van der Waals surface area contributed by atoms with Gasteiger partial charge in [0.05, 0.1) is 16.3 Å². The van der Waals surface area contributed by atoms with Crippen LogP contribution in [0.2, 0.25) is 0 Å². The molecule has 0 saturated carbocycles. The lowest BCUT2D eigenvalue weighted by atomic mass is 10.1. The Kier molecular flexibility index (Phi) is 4.78. The lowest BCUT2D eigenvalue weighted by Gasteiger charge is -2.39. The maximum Gasteiger partial charge on any atom is 0.175 e. The Balaban J connectivity index is 2.11. The zero-order chi connectivity index (χ0) is 15.6. The maximum absolute atomic E-state index is 11.5. The van der Waals surface area contributed by atoms with E-state index in [1.807, 2.05) is 6.07 Å². The highest BCUT2D eigenvalue weighted by Crippen LogP contribution is 2.27. The first kappa shape index (κ1) is 16.1. The molecule has 6 heteroatoms. The van der Waals surface area contributed by atoms with Gasteiger partial charge in [-0.3, -0.25) is 4.90 Å².